The van der Waals surface area contributed by atoms with Crippen LogP contribution in [0.3, 0.4) is 0 Å². The van der Waals surface area contributed by atoms with Gasteiger partial charge in [-0.25, -0.2) is 0 Å². The second-order valence-electron chi connectivity index (χ2n) is 6.42. The van der Waals surface area contributed by atoms with Crippen LogP contribution in [-0.2, 0) is 13.1 Å². The Morgan fingerprint density at radius 3 is 2.46 bits per heavy atom. The molecule has 0 bridgehead atoms. The van der Waals surface area contributed by atoms with Gasteiger partial charge in [-0.1, -0.05) is 29.8 Å². The molecule has 5 nitrogen and oxygen atoms in total. The third-order valence-electron chi connectivity index (χ3n) is 4.36. The van der Waals surface area contributed by atoms with E-state index in [-0.39, 0.29) is 0 Å². The lowest BCUT2D eigenvalue weighted by molar-refractivity contribution is 0.360. The molecule has 6 heteroatoms. The molecule has 0 saturated carbocycles. The summed E-state index contributed by atoms with van der Waals surface area (Å²) >= 11 is 5.71. The van der Waals surface area contributed by atoms with Gasteiger partial charge >= 0.3 is 0 Å². The van der Waals surface area contributed by atoms with Crippen molar-refractivity contribution in [2.75, 3.05) is 19.5 Å². The molecule has 0 aliphatic heterocycles. The van der Waals surface area contributed by atoms with Crippen LogP contribution in [0, 0.1) is 6.92 Å². The van der Waals surface area contributed by atoms with Crippen molar-refractivity contribution in [2.45, 2.75) is 20.0 Å². The van der Waals surface area contributed by atoms with E-state index in [1.807, 2.05) is 30.3 Å². The van der Waals surface area contributed by atoms with Gasteiger partial charge in [-0.2, -0.15) is 0 Å². The summed E-state index contributed by atoms with van der Waals surface area (Å²) in [6, 6.07) is 17.8. The van der Waals surface area contributed by atoms with E-state index in [2.05, 4.69) is 41.4 Å². The molecule has 2 aromatic carbocycles. The van der Waals surface area contributed by atoms with Crippen LogP contribution in [0.4, 0.5) is 5.69 Å². The third-order valence-corrected chi connectivity index (χ3v) is 4.72. The number of hydrogen-bond donors (Lipinski definition) is 1. The molecular weight excluding hydrogens is 372 g/mol. The van der Waals surface area contributed by atoms with Crippen molar-refractivity contribution < 1.29 is 13.9 Å². The first-order chi connectivity index (χ1) is 13.6. The minimum atomic E-state index is 0.561. The van der Waals surface area contributed by atoms with Crippen molar-refractivity contribution in [3.05, 3.63) is 77.7 Å². The summed E-state index contributed by atoms with van der Waals surface area (Å²) < 4.78 is 16.3. The van der Waals surface area contributed by atoms with Crippen molar-refractivity contribution in [3.63, 3.8) is 0 Å². The molecule has 146 valence electrons. The predicted molar refractivity (Wildman–Crippen MR) is 115 cm³/mol. The maximum Gasteiger partial charge on any atom is 0.174 e. The van der Waals surface area contributed by atoms with Crippen LogP contribution < -0.4 is 14.8 Å². The van der Waals surface area contributed by atoms with E-state index in [0.717, 1.165) is 17.2 Å². The Bertz CT molecular complexity index is 908. The SMILES string of the molecule is COc1ccc(NC(=S)N(Cc2ccc(C)cc2)Cc2ccco2)c(OC)c1. The lowest BCUT2D eigenvalue weighted by Gasteiger charge is -2.26. The molecular formula is C22H24N2O3S. The molecule has 1 N–H and O–H groups in total. The van der Waals surface area contributed by atoms with Crippen molar-refractivity contribution in [1.82, 2.24) is 4.90 Å². The molecule has 0 atom stereocenters. The standard InChI is InChI=1S/C22H24N2O3S/c1-16-6-8-17(9-7-16)14-24(15-19-5-4-12-27-19)22(28)23-20-11-10-18(25-2)13-21(20)26-3/h4-13H,14-15H2,1-3H3,(H,23,28). The van der Waals surface area contributed by atoms with Gasteiger partial charge in [0.15, 0.2) is 5.11 Å². The summed E-state index contributed by atoms with van der Waals surface area (Å²) in [7, 11) is 3.25. The highest BCUT2D eigenvalue weighted by Crippen LogP contribution is 2.29. The van der Waals surface area contributed by atoms with E-state index in [1.54, 1.807) is 20.5 Å². The van der Waals surface area contributed by atoms with Gasteiger partial charge in [0.05, 0.1) is 32.7 Å². The summed E-state index contributed by atoms with van der Waals surface area (Å²) in [5.74, 6) is 2.23. The van der Waals surface area contributed by atoms with Gasteiger partial charge < -0.3 is 24.1 Å². The maximum atomic E-state index is 5.71. The third kappa shape index (κ3) is 5.04. The minimum Gasteiger partial charge on any atom is -0.497 e. The van der Waals surface area contributed by atoms with Gasteiger partial charge in [0, 0.05) is 12.6 Å². The highest BCUT2D eigenvalue weighted by Gasteiger charge is 2.15. The fourth-order valence-electron chi connectivity index (χ4n) is 2.80. The molecule has 0 unspecified atom stereocenters. The van der Waals surface area contributed by atoms with Crippen LogP contribution in [-0.4, -0.2) is 24.2 Å². The Morgan fingerprint density at radius 2 is 1.82 bits per heavy atom. The van der Waals surface area contributed by atoms with Gasteiger partial charge in [-0.15, -0.1) is 0 Å². The van der Waals surface area contributed by atoms with Crippen LogP contribution in [0.25, 0.3) is 0 Å². The number of benzene rings is 2. The number of anilines is 1. The number of nitrogens with zero attached hydrogens (tertiary/aromatic N) is 1. The van der Waals surface area contributed by atoms with Crippen LogP contribution in [0.5, 0.6) is 11.5 Å². The molecule has 3 aromatic rings. The zero-order chi connectivity index (χ0) is 19.9. The topological polar surface area (TPSA) is 46.9 Å². The van der Waals surface area contributed by atoms with Gasteiger partial charge in [0.25, 0.3) is 0 Å². The lowest BCUT2D eigenvalue weighted by Crippen LogP contribution is -2.33. The molecule has 0 amide bonds. The second-order valence-corrected chi connectivity index (χ2v) is 6.80. The van der Waals surface area contributed by atoms with E-state index in [9.17, 15) is 0 Å². The Balaban J connectivity index is 1.80. The Hall–Kier alpha value is -2.99. The van der Waals surface area contributed by atoms with Crippen molar-refractivity contribution in [3.8, 4) is 11.5 Å². The summed E-state index contributed by atoms with van der Waals surface area (Å²) in [6.07, 6.45) is 1.67. The second kappa shape index (κ2) is 9.28. The molecule has 0 saturated heterocycles. The number of rotatable bonds is 7. The smallest absolute Gasteiger partial charge is 0.174 e. The number of thiocarbonyl (C=S) groups is 1. The molecule has 0 fully saturated rings. The van der Waals surface area contributed by atoms with Crippen molar-refractivity contribution in [2.24, 2.45) is 0 Å². The first-order valence-electron chi connectivity index (χ1n) is 8.95. The molecule has 0 spiro atoms. The van der Waals surface area contributed by atoms with Gasteiger partial charge in [-0.05, 0) is 49.0 Å². The quantitative estimate of drug-likeness (QED) is 0.567. The molecule has 1 heterocycles. The first kappa shape index (κ1) is 19.8. The average molecular weight is 397 g/mol. The summed E-state index contributed by atoms with van der Waals surface area (Å²) in [6.45, 7) is 3.29. The number of furan rings is 1. The zero-order valence-electron chi connectivity index (χ0n) is 16.3. The minimum absolute atomic E-state index is 0.561. The molecule has 0 aliphatic rings. The van der Waals surface area contributed by atoms with Gasteiger partial charge in [0.2, 0.25) is 0 Å². The molecule has 28 heavy (non-hydrogen) atoms. The van der Waals surface area contributed by atoms with E-state index in [4.69, 9.17) is 26.1 Å². The number of aryl methyl sites for hydroxylation is 1. The number of hydrogen-bond acceptors (Lipinski definition) is 4. The largest absolute Gasteiger partial charge is 0.497 e. The summed E-state index contributed by atoms with van der Waals surface area (Å²) in [4.78, 5) is 2.06. The van der Waals surface area contributed by atoms with E-state index < -0.39 is 0 Å². The van der Waals surface area contributed by atoms with Crippen LogP contribution in [0.2, 0.25) is 0 Å². The van der Waals surface area contributed by atoms with Crippen LogP contribution in [0.1, 0.15) is 16.9 Å². The summed E-state index contributed by atoms with van der Waals surface area (Å²) in [5.41, 5.74) is 3.18. The normalized spacial score (nSPS) is 10.4. The van der Waals surface area contributed by atoms with Crippen molar-refractivity contribution >= 4 is 23.0 Å². The van der Waals surface area contributed by atoms with E-state index in [1.165, 1.54) is 11.1 Å². The monoisotopic (exact) mass is 396 g/mol. The molecule has 0 aliphatic carbocycles. The highest BCUT2D eigenvalue weighted by molar-refractivity contribution is 7.80. The van der Waals surface area contributed by atoms with E-state index in [0.29, 0.717) is 24.0 Å². The molecule has 1 aromatic heterocycles. The Labute approximate surface area is 170 Å². The predicted octanol–water partition coefficient (Wildman–Crippen LogP) is 5.00. The number of methoxy groups -OCH3 is 2. The zero-order valence-corrected chi connectivity index (χ0v) is 17.1. The van der Waals surface area contributed by atoms with Gasteiger partial charge in [0.1, 0.15) is 17.3 Å². The van der Waals surface area contributed by atoms with Crippen molar-refractivity contribution in [1.29, 1.82) is 0 Å². The molecule has 3 rings (SSSR count). The fourth-order valence-corrected chi connectivity index (χ4v) is 3.04. The van der Waals surface area contributed by atoms with Crippen LogP contribution in [0.15, 0.2) is 65.3 Å². The first-order valence-corrected chi connectivity index (χ1v) is 9.35. The average Bonchev–Trinajstić information content (AvgIpc) is 3.22. The highest BCUT2D eigenvalue weighted by atomic mass is 32.1. The number of ether oxygens (including phenoxy) is 2. The Morgan fingerprint density at radius 1 is 1.04 bits per heavy atom. The number of nitrogens with one attached hydrogen (secondary N) is 1. The summed E-state index contributed by atoms with van der Waals surface area (Å²) in [5, 5.41) is 3.88. The fraction of sp³-hybridized carbons (Fsp3) is 0.227. The Kier molecular flexibility index (Phi) is 6.55. The molecule has 0 radical (unpaired) electrons. The lowest BCUT2D eigenvalue weighted by atomic mass is 10.1. The van der Waals surface area contributed by atoms with E-state index >= 15 is 0 Å². The van der Waals surface area contributed by atoms with Crippen LogP contribution >= 0.6 is 12.2 Å². The maximum absolute atomic E-state index is 5.71. The van der Waals surface area contributed by atoms with Gasteiger partial charge in [-0.3, -0.25) is 0 Å².